The molecule has 1 unspecified atom stereocenters. The van der Waals surface area contributed by atoms with Gasteiger partial charge in [0.15, 0.2) is 5.03 Å². The molecule has 0 aliphatic carbocycles. The summed E-state index contributed by atoms with van der Waals surface area (Å²) >= 11 is 3.45. The van der Waals surface area contributed by atoms with Gasteiger partial charge in [-0.25, -0.2) is 18.4 Å². The Bertz CT molecular complexity index is 1160. The van der Waals surface area contributed by atoms with Crippen LogP contribution in [0, 0.1) is 0 Å². The van der Waals surface area contributed by atoms with Gasteiger partial charge in [-0.3, -0.25) is 4.79 Å². The topological polar surface area (TPSA) is 97.2 Å². The van der Waals surface area contributed by atoms with E-state index in [1.165, 1.54) is 12.3 Å². The number of carbonyl (C=O) groups excluding carboxylic acids is 1. The van der Waals surface area contributed by atoms with E-state index in [-0.39, 0.29) is 23.9 Å². The van der Waals surface area contributed by atoms with Crippen LogP contribution in [0.3, 0.4) is 0 Å². The quantitative estimate of drug-likeness (QED) is 0.608. The molecule has 1 atom stereocenters. The highest BCUT2D eigenvalue weighted by Crippen LogP contribution is 2.32. The highest BCUT2D eigenvalue weighted by atomic mass is 79.9. The number of aryl methyl sites for hydroxylation is 1. The Hall–Kier alpha value is -2.56. The number of hydrogen-bond donors (Lipinski definition) is 1. The van der Waals surface area contributed by atoms with Crippen LogP contribution in [0.2, 0.25) is 0 Å². The van der Waals surface area contributed by atoms with E-state index in [1.54, 1.807) is 29.6 Å². The molecule has 4 rings (SSSR count). The predicted molar refractivity (Wildman–Crippen MR) is 111 cm³/mol. The zero-order valence-electron chi connectivity index (χ0n) is 15.5. The van der Waals surface area contributed by atoms with E-state index in [1.807, 2.05) is 29.8 Å². The molecular weight excluding hydrogens is 458 g/mol. The van der Waals surface area contributed by atoms with Crippen molar-refractivity contribution in [2.45, 2.75) is 24.0 Å². The molecule has 10 heteroatoms. The Morgan fingerprint density at radius 1 is 1.28 bits per heavy atom. The van der Waals surface area contributed by atoms with Crippen molar-refractivity contribution in [1.29, 1.82) is 0 Å². The number of sulfonamides is 1. The van der Waals surface area contributed by atoms with Crippen LogP contribution in [0.25, 0.3) is 0 Å². The first-order valence-corrected chi connectivity index (χ1v) is 11.1. The number of amides is 1. The first-order chi connectivity index (χ1) is 13.8. The number of anilines is 1. The van der Waals surface area contributed by atoms with E-state index in [2.05, 4.69) is 30.6 Å². The maximum atomic E-state index is 13.3. The van der Waals surface area contributed by atoms with Gasteiger partial charge >= 0.3 is 0 Å². The summed E-state index contributed by atoms with van der Waals surface area (Å²) in [5, 5.41) is -0.119. The number of imidazole rings is 1. The van der Waals surface area contributed by atoms with Crippen molar-refractivity contribution in [3.05, 3.63) is 70.8 Å². The summed E-state index contributed by atoms with van der Waals surface area (Å²) < 4.78 is 30.7. The van der Waals surface area contributed by atoms with Gasteiger partial charge in [-0.05, 0) is 42.3 Å². The molecule has 0 fully saturated rings. The molecule has 0 radical (unpaired) electrons. The molecule has 0 bridgehead atoms. The van der Waals surface area contributed by atoms with E-state index in [0.717, 1.165) is 21.4 Å². The number of nitrogens with zero attached hydrogens (tertiary/aromatic N) is 4. The van der Waals surface area contributed by atoms with Crippen LogP contribution in [0.15, 0.2) is 64.6 Å². The van der Waals surface area contributed by atoms with Gasteiger partial charge in [0, 0.05) is 29.6 Å². The Labute approximate surface area is 176 Å². The van der Waals surface area contributed by atoms with E-state index >= 15 is 0 Å². The van der Waals surface area contributed by atoms with E-state index in [0.29, 0.717) is 0 Å². The second kappa shape index (κ2) is 7.69. The molecular formula is C19H18BrN5O3S. The molecule has 29 heavy (non-hydrogen) atoms. The SMILES string of the molecule is Cn1cncc1CN1C(=O)C(NS(=O)(=O)c2ccccn2)Cc2cc(Br)ccc21. The average molecular weight is 476 g/mol. The van der Waals surface area contributed by atoms with Crippen molar-refractivity contribution in [1.82, 2.24) is 19.3 Å². The maximum Gasteiger partial charge on any atom is 0.258 e. The second-order valence-electron chi connectivity index (χ2n) is 6.74. The fourth-order valence-corrected chi connectivity index (χ4v) is 4.85. The molecule has 1 aliphatic rings. The van der Waals surface area contributed by atoms with Gasteiger partial charge in [0.1, 0.15) is 6.04 Å². The fraction of sp³-hybridized carbons (Fsp3) is 0.211. The number of pyridine rings is 1. The molecule has 1 amide bonds. The summed E-state index contributed by atoms with van der Waals surface area (Å²) in [5.74, 6) is -0.319. The van der Waals surface area contributed by atoms with Crippen LogP contribution in [-0.2, 0) is 34.8 Å². The van der Waals surface area contributed by atoms with Gasteiger partial charge < -0.3 is 9.47 Å². The third-order valence-corrected chi connectivity index (χ3v) is 6.65. The monoisotopic (exact) mass is 475 g/mol. The molecule has 0 saturated carbocycles. The molecule has 3 heterocycles. The van der Waals surface area contributed by atoms with Crippen molar-refractivity contribution < 1.29 is 13.2 Å². The van der Waals surface area contributed by atoms with E-state index < -0.39 is 16.1 Å². The number of rotatable bonds is 5. The molecule has 0 spiro atoms. The van der Waals surface area contributed by atoms with Crippen LogP contribution in [0.4, 0.5) is 5.69 Å². The first kappa shape index (κ1) is 19.7. The molecule has 0 saturated heterocycles. The Kier molecular flexibility index (Phi) is 5.24. The fourth-order valence-electron chi connectivity index (χ4n) is 3.30. The van der Waals surface area contributed by atoms with Crippen LogP contribution in [-0.4, -0.2) is 34.9 Å². The lowest BCUT2D eigenvalue weighted by Crippen LogP contribution is -2.52. The summed E-state index contributed by atoms with van der Waals surface area (Å²) in [4.78, 5) is 22.8. The number of nitrogens with one attached hydrogen (secondary N) is 1. The molecule has 2 aromatic heterocycles. The van der Waals surface area contributed by atoms with Gasteiger partial charge in [0.05, 0.1) is 18.6 Å². The molecule has 1 aromatic carbocycles. The van der Waals surface area contributed by atoms with Crippen molar-refractivity contribution in [3.63, 3.8) is 0 Å². The lowest BCUT2D eigenvalue weighted by Gasteiger charge is -2.34. The highest BCUT2D eigenvalue weighted by molar-refractivity contribution is 9.10. The van der Waals surface area contributed by atoms with Gasteiger partial charge in [-0.2, -0.15) is 4.72 Å². The Balaban J connectivity index is 1.69. The Morgan fingerprint density at radius 3 is 2.79 bits per heavy atom. The van der Waals surface area contributed by atoms with E-state index in [4.69, 9.17) is 0 Å². The Morgan fingerprint density at radius 2 is 2.10 bits per heavy atom. The summed E-state index contributed by atoms with van der Waals surface area (Å²) in [6.07, 6.45) is 5.00. The number of fused-ring (bicyclic) bond motifs is 1. The lowest BCUT2D eigenvalue weighted by atomic mass is 9.97. The normalized spacial score (nSPS) is 16.7. The number of hydrogen-bond acceptors (Lipinski definition) is 5. The zero-order chi connectivity index (χ0) is 20.6. The highest BCUT2D eigenvalue weighted by Gasteiger charge is 2.36. The first-order valence-electron chi connectivity index (χ1n) is 8.83. The van der Waals surface area contributed by atoms with Gasteiger partial charge in [0.25, 0.3) is 10.0 Å². The van der Waals surface area contributed by atoms with E-state index in [9.17, 15) is 13.2 Å². The summed E-state index contributed by atoms with van der Waals surface area (Å²) in [7, 11) is -2.09. The van der Waals surface area contributed by atoms with Gasteiger partial charge in [-0.1, -0.05) is 22.0 Å². The van der Waals surface area contributed by atoms with Gasteiger partial charge in [-0.15, -0.1) is 0 Å². The molecule has 150 valence electrons. The third-order valence-electron chi connectivity index (χ3n) is 4.77. The minimum atomic E-state index is -3.94. The van der Waals surface area contributed by atoms with Crippen molar-refractivity contribution >= 4 is 37.5 Å². The van der Waals surface area contributed by atoms with Crippen molar-refractivity contribution in [2.24, 2.45) is 7.05 Å². The molecule has 1 aliphatic heterocycles. The van der Waals surface area contributed by atoms with Crippen LogP contribution in [0.1, 0.15) is 11.3 Å². The molecule has 3 aromatic rings. The average Bonchev–Trinajstić information content (AvgIpc) is 3.10. The van der Waals surface area contributed by atoms with Crippen LogP contribution >= 0.6 is 15.9 Å². The second-order valence-corrected chi connectivity index (χ2v) is 9.32. The zero-order valence-corrected chi connectivity index (χ0v) is 17.9. The van der Waals surface area contributed by atoms with Crippen molar-refractivity contribution in [3.8, 4) is 0 Å². The summed E-state index contributed by atoms with van der Waals surface area (Å²) in [6.45, 7) is 0.284. The molecule has 1 N–H and O–H groups in total. The minimum absolute atomic E-state index is 0.119. The standard InChI is InChI=1S/C19H18BrN5O3S/c1-24-12-21-10-15(24)11-25-17-6-5-14(20)8-13(17)9-16(19(25)26)23-29(27,28)18-4-2-3-7-22-18/h2-8,10,12,16,23H,9,11H2,1H3. The smallest absolute Gasteiger partial charge is 0.258 e. The number of benzene rings is 1. The number of carbonyl (C=O) groups is 1. The maximum absolute atomic E-state index is 13.3. The summed E-state index contributed by atoms with van der Waals surface area (Å²) in [6, 6.07) is 9.31. The molecule has 8 nitrogen and oxygen atoms in total. The van der Waals surface area contributed by atoms with Gasteiger partial charge in [0.2, 0.25) is 5.91 Å². The van der Waals surface area contributed by atoms with Crippen LogP contribution < -0.4 is 9.62 Å². The largest absolute Gasteiger partial charge is 0.336 e. The predicted octanol–water partition coefficient (Wildman–Crippen LogP) is 2.01. The minimum Gasteiger partial charge on any atom is -0.336 e. The number of halogens is 1. The van der Waals surface area contributed by atoms with Crippen molar-refractivity contribution in [2.75, 3.05) is 4.90 Å². The lowest BCUT2D eigenvalue weighted by molar-refractivity contribution is -0.120. The number of aromatic nitrogens is 3. The summed E-state index contributed by atoms with van der Waals surface area (Å²) in [5.41, 5.74) is 2.46. The van der Waals surface area contributed by atoms with Crippen LogP contribution in [0.5, 0.6) is 0 Å². The third kappa shape index (κ3) is 3.96.